The average molecular weight is 423 g/mol. The number of para-hydroxylation sites is 2. The Morgan fingerprint density at radius 3 is 2.41 bits per heavy atom. The summed E-state index contributed by atoms with van der Waals surface area (Å²) >= 11 is 0. The van der Waals surface area contributed by atoms with Crippen LogP contribution in [0.4, 0.5) is 11.4 Å². The van der Waals surface area contributed by atoms with Gasteiger partial charge < -0.3 is 20.5 Å². The van der Waals surface area contributed by atoms with Crippen molar-refractivity contribution in [3.63, 3.8) is 0 Å². The lowest BCUT2D eigenvalue weighted by atomic mass is 10.0. The molecule has 3 N–H and O–H groups in total. The first kappa shape index (κ1) is 19.6. The number of fused-ring (bicyclic) bond motifs is 2. The Morgan fingerprint density at radius 2 is 1.62 bits per heavy atom. The number of aromatic nitrogens is 1. The molecule has 0 fully saturated rings. The Kier molecular flexibility index (Phi) is 5.17. The van der Waals surface area contributed by atoms with Gasteiger partial charge in [0.2, 0.25) is 0 Å². The van der Waals surface area contributed by atoms with Crippen LogP contribution in [-0.2, 0) is 0 Å². The summed E-state index contributed by atoms with van der Waals surface area (Å²) in [5.41, 5.74) is 9.89. The van der Waals surface area contributed by atoms with E-state index in [2.05, 4.69) is 5.32 Å². The lowest BCUT2D eigenvalue weighted by Gasteiger charge is -2.19. The Balaban J connectivity index is 1.60. The van der Waals surface area contributed by atoms with Crippen molar-refractivity contribution in [2.45, 2.75) is 0 Å². The number of nitrogen functional groups attached to an aromatic ring is 1. The number of anilines is 2. The van der Waals surface area contributed by atoms with E-state index in [1.54, 1.807) is 18.2 Å². The van der Waals surface area contributed by atoms with Crippen molar-refractivity contribution in [2.75, 3.05) is 24.3 Å². The van der Waals surface area contributed by atoms with E-state index in [-0.39, 0.29) is 5.91 Å². The Morgan fingerprint density at radius 1 is 0.906 bits per heavy atom. The molecular weight excluding hydrogens is 402 g/mol. The second-order valence-electron chi connectivity index (χ2n) is 7.39. The van der Waals surface area contributed by atoms with Gasteiger partial charge in [-0.1, -0.05) is 48.5 Å². The van der Waals surface area contributed by atoms with Gasteiger partial charge in [0.05, 0.1) is 28.1 Å². The highest BCUT2D eigenvalue weighted by molar-refractivity contribution is 6.14. The van der Waals surface area contributed by atoms with E-state index >= 15 is 0 Å². The third-order valence-corrected chi connectivity index (χ3v) is 5.19. The first-order chi connectivity index (χ1) is 15.7. The zero-order valence-electron chi connectivity index (χ0n) is 17.2. The van der Waals surface area contributed by atoms with Crippen LogP contribution in [0.25, 0.3) is 23.1 Å². The minimum Gasteiger partial charge on any atom is -0.486 e. The maximum atomic E-state index is 13.3. The smallest absolute Gasteiger partial charge is 0.256 e. The predicted octanol–water partition coefficient (Wildman–Crippen LogP) is 5.01. The van der Waals surface area contributed by atoms with Crippen molar-refractivity contribution in [1.82, 2.24) is 4.98 Å². The minimum atomic E-state index is -0.277. The SMILES string of the molecule is Nc1ccccc1NC(=O)c1cc(/C=C/c2ccccc2)nc2cc3c(cc12)OCCO3. The highest BCUT2D eigenvalue weighted by Crippen LogP contribution is 2.36. The number of carbonyl (C=O) groups excluding carboxylic acids is 1. The second-order valence-corrected chi connectivity index (χ2v) is 7.39. The summed E-state index contributed by atoms with van der Waals surface area (Å²) in [5, 5.41) is 3.59. The molecular formula is C26H21N3O3. The first-order valence-corrected chi connectivity index (χ1v) is 10.3. The Bertz CT molecular complexity index is 1330. The van der Waals surface area contributed by atoms with Gasteiger partial charge >= 0.3 is 0 Å². The quantitative estimate of drug-likeness (QED) is 0.451. The third kappa shape index (κ3) is 3.98. The summed E-state index contributed by atoms with van der Waals surface area (Å²) in [6.07, 6.45) is 3.85. The number of nitrogens with zero attached hydrogens (tertiary/aromatic N) is 1. The third-order valence-electron chi connectivity index (χ3n) is 5.19. The van der Waals surface area contributed by atoms with E-state index in [4.69, 9.17) is 20.2 Å². The van der Waals surface area contributed by atoms with Crippen LogP contribution in [0.1, 0.15) is 21.6 Å². The van der Waals surface area contributed by atoms with Crippen molar-refractivity contribution in [1.29, 1.82) is 0 Å². The van der Waals surface area contributed by atoms with Gasteiger partial charge in [-0.3, -0.25) is 4.79 Å². The molecule has 6 heteroatoms. The molecule has 32 heavy (non-hydrogen) atoms. The Hall–Kier alpha value is -4.32. The normalized spacial score (nSPS) is 12.8. The van der Waals surface area contributed by atoms with Gasteiger partial charge in [-0.2, -0.15) is 0 Å². The summed E-state index contributed by atoms with van der Waals surface area (Å²) in [7, 11) is 0. The number of hydrogen-bond donors (Lipinski definition) is 2. The van der Waals surface area contributed by atoms with Crippen LogP contribution in [0.3, 0.4) is 0 Å². The first-order valence-electron chi connectivity index (χ1n) is 10.3. The van der Waals surface area contributed by atoms with E-state index in [1.807, 2.05) is 66.7 Å². The van der Waals surface area contributed by atoms with Crippen molar-refractivity contribution < 1.29 is 14.3 Å². The van der Waals surface area contributed by atoms with Gasteiger partial charge in [0.1, 0.15) is 13.2 Å². The van der Waals surface area contributed by atoms with Gasteiger partial charge in [-0.15, -0.1) is 0 Å². The van der Waals surface area contributed by atoms with Crippen LogP contribution in [0.15, 0.2) is 72.8 Å². The Labute approximate surface area is 185 Å². The van der Waals surface area contributed by atoms with Gasteiger partial charge in [-0.25, -0.2) is 4.98 Å². The standard InChI is InChI=1S/C26H21N3O3/c27-21-8-4-5-9-22(21)29-26(30)20-14-18(11-10-17-6-2-1-3-7-17)28-23-16-25-24(15-19(20)23)31-12-13-32-25/h1-11,14-16H,12-13,27H2,(H,29,30)/b11-10+. The molecule has 3 aromatic carbocycles. The summed E-state index contributed by atoms with van der Waals surface area (Å²) in [6.45, 7) is 0.943. The number of benzene rings is 3. The zero-order valence-corrected chi connectivity index (χ0v) is 17.2. The van der Waals surface area contributed by atoms with Crippen molar-refractivity contribution in [3.05, 3.63) is 89.6 Å². The van der Waals surface area contributed by atoms with E-state index in [0.29, 0.717) is 58.2 Å². The van der Waals surface area contributed by atoms with Crippen molar-refractivity contribution in [2.24, 2.45) is 0 Å². The molecule has 0 spiro atoms. The molecule has 0 saturated heterocycles. The number of nitrogens with one attached hydrogen (secondary N) is 1. The molecule has 1 aliphatic heterocycles. The molecule has 0 radical (unpaired) electrons. The van der Waals surface area contributed by atoms with Gasteiger partial charge in [-0.05, 0) is 35.9 Å². The van der Waals surface area contributed by atoms with Crippen LogP contribution in [-0.4, -0.2) is 24.1 Å². The summed E-state index contributed by atoms with van der Waals surface area (Å²) < 4.78 is 11.4. The molecule has 0 saturated carbocycles. The van der Waals surface area contributed by atoms with Crippen LogP contribution in [0.2, 0.25) is 0 Å². The van der Waals surface area contributed by atoms with Crippen LogP contribution in [0, 0.1) is 0 Å². The highest BCUT2D eigenvalue weighted by atomic mass is 16.6. The fourth-order valence-corrected chi connectivity index (χ4v) is 3.60. The summed E-state index contributed by atoms with van der Waals surface area (Å²) in [5.74, 6) is 0.951. The number of pyridine rings is 1. The predicted molar refractivity (Wildman–Crippen MR) is 127 cm³/mol. The monoisotopic (exact) mass is 423 g/mol. The van der Waals surface area contributed by atoms with Crippen LogP contribution in [0.5, 0.6) is 11.5 Å². The molecule has 5 rings (SSSR count). The van der Waals surface area contributed by atoms with Crippen molar-refractivity contribution in [3.8, 4) is 11.5 Å². The van der Waals surface area contributed by atoms with E-state index < -0.39 is 0 Å². The minimum absolute atomic E-state index is 0.277. The van der Waals surface area contributed by atoms with Crippen molar-refractivity contribution >= 4 is 40.3 Å². The fourth-order valence-electron chi connectivity index (χ4n) is 3.60. The molecule has 1 aliphatic rings. The molecule has 158 valence electrons. The fraction of sp³-hybridized carbons (Fsp3) is 0.0769. The number of ether oxygens (including phenoxy) is 2. The molecule has 0 atom stereocenters. The molecule has 1 aromatic heterocycles. The van der Waals surface area contributed by atoms with E-state index in [0.717, 1.165) is 5.56 Å². The largest absolute Gasteiger partial charge is 0.486 e. The van der Waals surface area contributed by atoms with Crippen LogP contribution >= 0.6 is 0 Å². The molecule has 0 aliphatic carbocycles. The van der Waals surface area contributed by atoms with Gasteiger partial charge in [0, 0.05) is 11.5 Å². The lowest BCUT2D eigenvalue weighted by Crippen LogP contribution is -2.17. The highest BCUT2D eigenvalue weighted by Gasteiger charge is 2.19. The zero-order chi connectivity index (χ0) is 21.9. The number of nitrogens with two attached hydrogens (primary N) is 1. The molecule has 0 unspecified atom stereocenters. The average Bonchev–Trinajstić information content (AvgIpc) is 2.83. The molecule has 6 nitrogen and oxygen atoms in total. The lowest BCUT2D eigenvalue weighted by molar-refractivity contribution is 0.102. The molecule has 2 heterocycles. The summed E-state index contributed by atoms with van der Waals surface area (Å²) in [6, 6.07) is 22.5. The maximum Gasteiger partial charge on any atom is 0.256 e. The topological polar surface area (TPSA) is 86.5 Å². The summed E-state index contributed by atoms with van der Waals surface area (Å²) in [4.78, 5) is 18.0. The number of amides is 1. The maximum absolute atomic E-state index is 13.3. The van der Waals surface area contributed by atoms with Crippen LogP contribution < -0.4 is 20.5 Å². The second kappa shape index (κ2) is 8.43. The number of carbonyl (C=O) groups is 1. The van der Waals surface area contributed by atoms with E-state index in [1.165, 1.54) is 0 Å². The molecule has 0 bridgehead atoms. The number of rotatable bonds is 4. The molecule has 4 aromatic rings. The van der Waals surface area contributed by atoms with Gasteiger partial charge in [0.15, 0.2) is 11.5 Å². The molecule has 1 amide bonds. The van der Waals surface area contributed by atoms with Gasteiger partial charge in [0.25, 0.3) is 5.91 Å². The number of hydrogen-bond acceptors (Lipinski definition) is 5. The van der Waals surface area contributed by atoms with E-state index in [9.17, 15) is 4.79 Å².